The summed E-state index contributed by atoms with van der Waals surface area (Å²) in [7, 11) is 1.62. The Hall–Kier alpha value is -3.19. The van der Waals surface area contributed by atoms with Gasteiger partial charge in [0.15, 0.2) is 0 Å². The highest BCUT2D eigenvalue weighted by Crippen LogP contribution is 2.29. The zero-order valence-electron chi connectivity index (χ0n) is 18.0. The number of nitrogens with one attached hydrogen (secondary N) is 2. The van der Waals surface area contributed by atoms with Gasteiger partial charge in [0.05, 0.1) is 13.7 Å². The Kier molecular flexibility index (Phi) is 6.04. The van der Waals surface area contributed by atoms with Crippen molar-refractivity contribution in [2.75, 3.05) is 26.7 Å². The number of carbonyl (C=O) groups is 2. The van der Waals surface area contributed by atoms with E-state index in [-0.39, 0.29) is 11.8 Å². The fraction of sp³-hybridized carbons (Fsp3) is 0.375. The van der Waals surface area contributed by atoms with E-state index in [4.69, 9.17) is 9.73 Å². The predicted molar refractivity (Wildman–Crippen MR) is 119 cm³/mol. The van der Waals surface area contributed by atoms with Gasteiger partial charge in [-0.1, -0.05) is 42.0 Å². The van der Waals surface area contributed by atoms with Gasteiger partial charge in [0.2, 0.25) is 5.91 Å². The van der Waals surface area contributed by atoms with Crippen molar-refractivity contribution < 1.29 is 14.3 Å². The fourth-order valence-electron chi connectivity index (χ4n) is 4.17. The van der Waals surface area contributed by atoms with E-state index < -0.39 is 5.66 Å². The van der Waals surface area contributed by atoms with Crippen molar-refractivity contribution in [3.8, 4) is 5.75 Å². The van der Waals surface area contributed by atoms with Crippen LogP contribution in [0.5, 0.6) is 5.75 Å². The van der Waals surface area contributed by atoms with Crippen LogP contribution in [-0.2, 0) is 16.1 Å². The summed E-state index contributed by atoms with van der Waals surface area (Å²) in [5.41, 5.74) is 2.85. The largest absolute Gasteiger partial charge is 0.496 e. The zero-order chi connectivity index (χ0) is 21.8. The molecular formula is C24H28N4O3. The van der Waals surface area contributed by atoms with Crippen LogP contribution in [0.15, 0.2) is 53.5 Å². The first kappa shape index (κ1) is 21.1. The summed E-state index contributed by atoms with van der Waals surface area (Å²) in [4.78, 5) is 31.9. The second kappa shape index (κ2) is 8.89. The van der Waals surface area contributed by atoms with Crippen LogP contribution < -0.4 is 15.4 Å². The molecule has 0 atom stereocenters. The Morgan fingerprint density at radius 1 is 1.19 bits per heavy atom. The lowest BCUT2D eigenvalue weighted by Crippen LogP contribution is -2.52. The van der Waals surface area contributed by atoms with Gasteiger partial charge in [0, 0.05) is 43.6 Å². The molecule has 4 rings (SSSR count). The Bertz CT molecular complexity index is 1010. The number of aryl methyl sites for hydroxylation is 1. The molecule has 31 heavy (non-hydrogen) atoms. The fourth-order valence-corrected chi connectivity index (χ4v) is 4.17. The summed E-state index contributed by atoms with van der Waals surface area (Å²) in [5.74, 6) is 0.622. The summed E-state index contributed by atoms with van der Waals surface area (Å²) in [6, 6.07) is 15.5. The number of nitrogens with zero attached hydrogens (tertiary/aromatic N) is 2. The third-order valence-electron chi connectivity index (χ3n) is 5.90. The molecule has 7 nitrogen and oxygen atoms in total. The van der Waals surface area contributed by atoms with Crippen LogP contribution >= 0.6 is 0 Å². The van der Waals surface area contributed by atoms with Crippen molar-refractivity contribution in [3.63, 3.8) is 0 Å². The molecule has 2 N–H and O–H groups in total. The van der Waals surface area contributed by atoms with E-state index in [1.807, 2.05) is 55.5 Å². The SMILES string of the molecule is COc1ccccc1CNC(=O)CN1CCC2(CC1)N=C(c1cccc(C)c1)C(=O)N2. The highest BCUT2D eigenvalue weighted by molar-refractivity contribution is 6.46. The summed E-state index contributed by atoms with van der Waals surface area (Å²) < 4.78 is 5.33. The van der Waals surface area contributed by atoms with Crippen LogP contribution in [0.3, 0.4) is 0 Å². The second-order valence-electron chi connectivity index (χ2n) is 8.18. The monoisotopic (exact) mass is 420 g/mol. The minimum atomic E-state index is -0.555. The number of ether oxygens (including phenoxy) is 1. The summed E-state index contributed by atoms with van der Waals surface area (Å²) in [5, 5.41) is 6.05. The Balaban J connectivity index is 1.31. The molecule has 2 aromatic carbocycles. The van der Waals surface area contributed by atoms with E-state index in [1.54, 1.807) is 7.11 Å². The number of carbonyl (C=O) groups excluding carboxylic acids is 2. The number of benzene rings is 2. The van der Waals surface area contributed by atoms with Gasteiger partial charge in [-0.3, -0.25) is 19.5 Å². The number of para-hydroxylation sites is 1. The van der Waals surface area contributed by atoms with Gasteiger partial charge in [0.1, 0.15) is 17.1 Å². The van der Waals surface area contributed by atoms with Crippen LogP contribution in [-0.4, -0.2) is 54.8 Å². The number of methoxy groups -OCH3 is 1. The first-order valence-corrected chi connectivity index (χ1v) is 10.6. The Morgan fingerprint density at radius 2 is 1.97 bits per heavy atom. The van der Waals surface area contributed by atoms with E-state index in [0.29, 0.717) is 44.7 Å². The molecule has 1 fully saturated rings. The standard InChI is InChI=1S/C24H28N4O3/c1-17-6-5-8-18(14-17)22-23(30)27-24(26-22)10-12-28(13-11-24)16-21(29)25-15-19-7-3-4-9-20(19)31-2/h3-9,14H,10-13,15-16H2,1-2H3,(H,25,29)(H,27,30). The molecule has 1 spiro atoms. The number of hydrogen-bond acceptors (Lipinski definition) is 5. The molecule has 2 aliphatic heterocycles. The third kappa shape index (κ3) is 4.77. The normalized spacial score (nSPS) is 17.9. The maximum atomic E-state index is 12.6. The molecule has 2 amide bonds. The van der Waals surface area contributed by atoms with E-state index in [0.717, 1.165) is 22.4 Å². The summed E-state index contributed by atoms with van der Waals surface area (Å²) >= 11 is 0. The number of aliphatic imine (C=N–C) groups is 1. The lowest BCUT2D eigenvalue weighted by Gasteiger charge is -2.36. The van der Waals surface area contributed by atoms with Gasteiger partial charge >= 0.3 is 0 Å². The molecular weight excluding hydrogens is 392 g/mol. The van der Waals surface area contributed by atoms with Gasteiger partial charge < -0.3 is 15.4 Å². The van der Waals surface area contributed by atoms with Crippen molar-refractivity contribution in [1.29, 1.82) is 0 Å². The zero-order valence-corrected chi connectivity index (χ0v) is 18.0. The minimum Gasteiger partial charge on any atom is -0.496 e. The molecule has 7 heteroatoms. The average molecular weight is 421 g/mol. The van der Waals surface area contributed by atoms with Crippen LogP contribution in [0.2, 0.25) is 0 Å². The molecule has 2 aromatic rings. The molecule has 2 aliphatic rings. The molecule has 2 heterocycles. The van der Waals surface area contributed by atoms with Gasteiger partial charge in [-0.15, -0.1) is 0 Å². The molecule has 0 unspecified atom stereocenters. The maximum Gasteiger partial charge on any atom is 0.272 e. The minimum absolute atomic E-state index is 0.0266. The number of likely N-dealkylation sites (tertiary alicyclic amines) is 1. The van der Waals surface area contributed by atoms with Gasteiger partial charge in [-0.05, 0) is 19.1 Å². The predicted octanol–water partition coefficient (Wildman–Crippen LogP) is 2.03. The van der Waals surface area contributed by atoms with Crippen molar-refractivity contribution in [2.45, 2.75) is 32.0 Å². The van der Waals surface area contributed by atoms with E-state index in [2.05, 4.69) is 15.5 Å². The van der Waals surface area contributed by atoms with Gasteiger partial charge in [-0.2, -0.15) is 0 Å². The highest BCUT2D eigenvalue weighted by Gasteiger charge is 2.42. The van der Waals surface area contributed by atoms with Crippen molar-refractivity contribution in [2.24, 2.45) is 4.99 Å². The summed E-state index contributed by atoms with van der Waals surface area (Å²) in [6.07, 6.45) is 1.38. The molecule has 0 aliphatic carbocycles. The highest BCUT2D eigenvalue weighted by atomic mass is 16.5. The topological polar surface area (TPSA) is 83.0 Å². The van der Waals surface area contributed by atoms with Crippen molar-refractivity contribution in [1.82, 2.24) is 15.5 Å². The first-order chi connectivity index (χ1) is 15.0. The van der Waals surface area contributed by atoms with E-state index in [9.17, 15) is 9.59 Å². The third-order valence-corrected chi connectivity index (χ3v) is 5.90. The molecule has 0 bridgehead atoms. The Labute approximate surface area is 182 Å². The smallest absolute Gasteiger partial charge is 0.272 e. The van der Waals surface area contributed by atoms with Gasteiger partial charge in [0.25, 0.3) is 5.91 Å². The van der Waals surface area contributed by atoms with E-state index >= 15 is 0 Å². The second-order valence-corrected chi connectivity index (χ2v) is 8.18. The first-order valence-electron chi connectivity index (χ1n) is 10.6. The van der Waals surface area contributed by atoms with Crippen LogP contribution in [0.25, 0.3) is 0 Å². The number of rotatable bonds is 6. The molecule has 162 valence electrons. The quantitative estimate of drug-likeness (QED) is 0.749. The molecule has 1 saturated heterocycles. The Morgan fingerprint density at radius 3 is 2.71 bits per heavy atom. The van der Waals surface area contributed by atoms with Crippen LogP contribution in [0.1, 0.15) is 29.5 Å². The average Bonchev–Trinajstić information content (AvgIpc) is 3.10. The van der Waals surface area contributed by atoms with E-state index in [1.165, 1.54) is 0 Å². The van der Waals surface area contributed by atoms with Crippen molar-refractivity contribution >= 4 is 17.5 Å². The lowest BCUT2D eigenvalue weighted by atomic mass is 9.98. The number of piperidine rings is 1. The van der Waals surface area contributed by atoms with Crippen molar-refractivity contribution in [3.05, 3.63) is 65.2 Å². The lowest BCUT2D eigenvalue weighted by molar-refractivity contribution is -0.123. The molecule has 0 aromatic heterocycles. The number of amides is 2. The van der Waals surface area contributed by atoms with Gasteiger partial charge in [-0.25, -0.2) is 0 Å². The van der Waals surface area contributed by atoms with Crippen LogP contribution in [0, 0.1) is 6.92 Å². The maximum absolute atomic E-state index is 12.6. The molecule has 0 radical (unpaired) electrons. The molecule has 0 saturated carbocycles. The number of hydrogen-bond donors (Lipinski definition) is 2. The van der Waals surface area contributed by atoms with Crippen LogP contribution in [0.4, 0.5) is 0 Å². The summed E-state index contributed by atoms with van der Waals surface area (Å²) in [6.45, 7) is 4.17.